The molecule has 0 aromatic carbocycles. The summed E-state index contributed by atoms with van der Waals surface area (Å²) in [7, 11) is 0. The lowest BCUT2D eigenvalue weighted by molar-refractivity contribution is 0.674. The van der Waals surface area contributed by atoms with E-state index in [1.54, 1.807) is 0 Å². The van der Waals surface area contributed by atoms with Crippen LogP contribution in [0.15, 0.2) is 12.3 Å². The van der Waals surface area contributed by atoms with Crippen molar-refractivity contribution >= 4 is 0 Å². The molecule has 1 aliphatic rings. The fourth-order valence-corrected chi connectivity index (χ4v) is 1.04. The minimum absolute atomic E-state index is 1.00. The zero-order valence-electron chi connectivity index (χ0n) is 4.57. The first-order valence-electron chi connectivity index (χ1n) is 2.82. The zero-order chi connectivity index (χ0) is 5.40. The summed E-state index contributed by atoms with van der Waals surface area (Å²) >= 11 is 0. The van der Waals surface area contributed by atoms with Gasteiger partial charge in [-0.2, -0.15) is 0 Å². The summed E-state index contributed by atoms with van der Waals surface area (Å²) in [5.74, 6) is 0. The first-order chi connectivity index (χ1) is 3.95. The Labute approximate surface area is 47.9 Å². The van der Waals surface area contributed by atoms with Gasteiger partial charge in [0.25, 0.3) is 0 Å². The van der Waals surface area contributed by atoms with Gasteiger partial charge in [-0.05, 0) is 11.6 Å². The minimum Gasteiger partial charge on any atom is -0.364 e. The third-order valence-electron chi connectivity index (χ3n) is 1.45. The first-order valence-corrected chi connectivity index (χ1v) is 2.82. The van der Waals surface area contributed by atoms with E-state index in [-0.39, 0.29) is 0 Å². The van der Waals surface area contributed by atoms with Gasteiger partial charge in [-0.15, -0.1) is 0 Å². The minimum atomic E-state index is 1.00. The average molecular weight is 108 g/mol. The van der Waals surface area contributed by atoms with Crippen LogP contribution >= 0.6 is 0 Å². The third kappa shape index (κ3) is 0.465. The van der Waals surface area contributed by atoms with Crippen molar-refractivity contribution in [3.05, 3.63) is 23.5 Å². The van der Waals surface area contributed by atoms with Crippen LogP contribution in [0.3, 0.4) is 0 Å². The molecule has 2 N–H and O–H groups in total. The molecule has 0 amide bonds. The van der Waals surface area contributed by atoms with E-state index < -0.39 is 0 Å². The number of H-pyrrole nitrogens is 1. The van der Waals surface area contributed by atoms with Gasteiger partial charge in [-0.3, -0.25) is 0 Å². The molecular weight excluding hydrogens is 100 g/mol. The van der Waals surface area contributed by atoms with E-state index in [2.05, 4.69) is 22.6 Å². The van der Waals surface area contributed by atoms with Gasteiger partial charge in [-0.25, -0.2) is 0 Å². The molecule has 0 aliphatic carbocycles. The van der Waals surface area contributed by atoms with Gasteiger partial charge >= 0.3 is 0 Å². The lowest BCUT2D eigenvalue weighted by atomic mass is 10.2. The van der Waals surface area contributed by atoms with Gasteiger partial charge in [0.1, 0.15) is 0 Å². The van der Waals surface area contributed by atoms with E-state index >= 15 is 0 Å². The number of aromatic nitrogens is 1. The molecular formula is C6H8N2. The van der Waals surface area contributed by atoms with Crippen molar-refractivity contribution in [3.63, 3.8) is 0 Å². The Balaban J connectivity index is 2.53. The molecule has 1 aromatic rings. The Hall–Kier alpha value is -0.760. The Bertz CT molecular complexity index is 172. The maximum absolute atomic E-state index is 3.25. The summed E-state index contributed by atoms with van der Waals surface area (Å²) in [4.78, 5) is 3.16. The number of aromatic amines is 1. The second-order valence-electron chi connectivity index (χ2n) is 2.14. The van der Waals surface area contributed by atoms with Gasteiger partial charge < -0.3 is 10.3 Å². The molecule has 2 heteroatoms. The molecule has 0 radical (unpaired) electrons. The summed E-state index contributed by atoms with van der Waals surface area (Å²) in [6, 6.07) is 2.19. The normalized spacial score (nSPS) is 16.5. The smallest absolute Gasteiger partial charge is 0.0360 e. The van der Waals surface area contributed by atoms with Crippen LogP contribution in [-0.2, 0) is 13.1 Å². The van der Waals surface area contributed by atoms with Crippen LogP contribution in [0, 0.1) is 0 Å². The third-order valence-corrected chi connectivity index (χ3v) is 1.45. The zero-order valence-corrected chi connectivity index (χ0v) is 4.57. The SMILES string of the molecule is c1[nH]c2cc1CNC2. The second-order valence-corrected chi connectivity index (χ2v) is 2.14. The largest absolute Gasteiger partial charge is 0.364 e. The van der Waals surface area contributed by atoms with E-state index in [0.717, 1.165) is 13.1 Å². The van der Waals surface area contributed by atoms with E-state index in [9.17, 15) is 0 Å². The summed E-state index contributed by atoms with van der Waals surface area (Å²) in [5, 5.41) is 3.25. The van der Waals surface area contributed by atoms with Crippen LogP contribution in [0.2, 0.25) is 0 Å². The number of rotatable bonds is 0. The fraction of sp³-hybridized carbons (Fsp3) is 0.333. The van der Waals surface area contributed by atoms with Crippen molar-refractivity contribution in [1.29, 1.82) is 0 Å². The Morgan fingerprint density at radius 2 is 2.38 bits per heavy atom. The summed E-state index contributed by atoms with van der Waals surface area (Å²) in [5.41, 5.74) is 2.66. The molecule has 2 bridgehead atoms. The topological polar surface area (TPSA) is 27.8 Å². The highest BCUT2D eigenvalue weighted by molar-refractivity contribution is 5.19. The van der Waals surface area contributed by atoms with Gasteiger partial charge in [0, 0.05) is 25.0 Å². The van der Waals surface area contributed by atoms with Crippen LogP contribution in [-0.4, -0.2) is 4.98 Å². The van der Waals surface area contributed by atoms with Crippen LogP contribution in [0.4, 0.5) is 0 Å². The highest BCUT2D eigenvalue weighted by atomic mass is 14.9. The van der Waals surface area contributed by atoms with Crippen LogP contribution < -0.4 is 5.32 Å². The van der Waals surface area contributed by atoms with Crippen molar-refractivity contribution < 1.29 is 0 Å². The number of nitrogens with one attached hydrogen (secondary N) is 2. The molecule has 8 heavy (non-hydrogen) atoms. The molecule has 0 saturated heterocycles. The van der Waals surface area contributed by atoms with Crippen molar-refractivity contribution in [2.45, 2.75) is 13.1 Å². The summed E-state index contributed by atoms with van der Waals surface area (Å²) in [6.45, 7) is 2.02. The highest BCUT2D eigenvalue weighted by Gasteiger charge is 2.03. The predicted molar refractivity (Wildman–Crippen MR) is 31.3 cm³/mol. The predicted octanol–water partition coefficient (Wildman–Crippen LogP) is 0.618. The number of hydrogen-bond acceptors (Lipinski definition) is 1. The molecule has 0 saturated carbocycles. The van der Waals surface area contributed by atoms with Gasteiger partial charge in [-0.1, -0.05) is 0 Å². The summed E-state index contributed by atoms with van der Waals surface area (Å²) in [6.07, 6.45) is 2.05. The summed E-state index contributed by atoms with van der Waals surface area (Å²) < 4.78 is 0. The lowest BCUT2D eigenvalue weighted by Crippen LogP contribution is -2.14. The standard InChI is InChI=1S/C6H8N2/c1-5-2-7-4-6(1)8-3-5/h1,3,7-8H,2,4H2. The molecule has 42 valence electrons. The first kappa shape index (κ1) is 4.15. The monoisotopic (exact) mass is 108 g/mol. The molecule has 1 aromatic heterocycles. The Morgan fingerprint density at radius 1 is 1.38 bits per heavy atom. The maximum Gasteiger partial charge on any atom is 0.0360 e. The van der Waals surface area contributed by atoms with E-state index in [4.69, 9.17) is 0 Å². The quantitative estimate of drug-likeness (QED) is 0.501. The fourth-order valence-electron chi connectivity index (χ4n) is 1.04. The van der Waals surface area contributed by atoms with E-state index in [0.29, 0.717) is 0 Å². The molecule has 0 spiro atoms. The van der Waals surface area contributed by atoms with Crippen molar-refractivity contribution in [3.8, 4) is 0 Å². The number of hydrogen-bond donors (Lipinski definition) is 2. The van der Waals surface area contributed by atoms with Crippen molar-refractivity contribution in [2.24, 2.45) is 0 Å². The molecule has 2 nitrogen and oxygen atoms in total. The molecule has 0 fully saturated rings. The van der Waals surface area contributed by atoms with Crippen molar-refractivity contribution in [1.82, 2.24) is 10.3 Å². The van der Waals surface area contributed by atoms with E-state index in [1.807, 2.05) is 0 Å². The van der Waals surface area contributed by atoms with E-state index in [1.165, 1.54) is 11.3 Å². The molecule has 0 unspecified atom stereocenters. The van der Waals surface area contributed by atoms with Crippen LogP contribution in [0.1, 0.15) is 11.3 Å². The van der Waals surface area contributed by atoms with Crippen molar-refractivity contribution in [2.75, 3.05) is 0 Å². The Morgan fingerprint density at radius 3 is 3.12 bits per heavy atom. The average Bonchev–Trinajstić information content (AvgIpc) is 2.12. The van der Waals surface area contributed by atoms with Gasteiger partial charge in [0.05, 0.1) is 0 Å². The Kier molecular flexibility index (Phi) is 0.704. The lowest BCUT2D eigenvalue weighted by Gasteiger charge is -2.03. The maximum atomic E-state index is 3.25. The number of fused-ring (bicyclic) bond motifs is 2. The molecule has 1 aliphatic heterocycles. The van der Waals surface area contributed by atoms with Gasteiger partial charge in [0.2, 0.25) is 0 Å². The molecule has 2 heterocycles. The molecule has 2 rings (SSSR count). The van der Waals surface area contributed by atoms with Crippen LogP contribution in [0.25, 0.3) is 0 Å². The van der Waals surface area contributed by atoms with Gasteiger partial charge in [0.15, 0.2) is 0 Å². The second kappa shape index (κ2) is 1.36. The van der Waals surface area contributed by atoms with Crippen LogP contribution in [0.5, 0.6) is 0 Å². The molecule has 0 atom stereocenters. The highest BCUT2D eigenvalue weighted by Crippen LogP contribution is 2.07.